The first-order valence-corrected chi connectivity index (χ1v) is 6.50. The fourth-order valence-corrected chi connectivity index (χ4v) is 2.36. The van der Waals surface area contributed by atoms with Gasteiger partial charge in [0.1, 0.15) is 0 Å². The highest BCUT2D eigenvalue weighted by Gasteiger charge is 2.37. The van der Waals surface area contributed by atoms with Gasteiger partial charge in [0.15, 0.2) is 0 Å². The number of ether oxygens (including phenoxy) is 1. The van der Waals surface area contributed by atoms with Gasteiger partial charge in [-0.25, -0.2) is 0 Å². The Balaban J connectivity index is 2.49. The largest absolute Gasteiger partial charge is 0.374 e. The van der Waals surface area contributed by atoms with Crippen LogP contribution < -0.4 is 5.32 Å². The maximum atomic E-state index is 5.92. The summed E-state index contributed by atoms with van der Waals surface area (Å²) in [4.78, 5) is 0. The van der Waals surface area contributed by atoms with E-state index in [9.17, 15) is 0 Å². The lowest BCUT2D eigenvalue weighted by Crippen LogP contribution is -2.48. The molecule has 0 saturated carbocycles. The molecule has 0 spiro atoms. The highest BCUT2D eigenvalue weighted by molar-refractivity contribution is 4.99. The summed E-state index contributed by atoms with van der Waals surface area (Å²) in [7, 11) is 0. The predicted molar refractivity (Wildman–Crippen MR) is 68.4 cm³/mol. The van der Waals surface area contributed by atoms with E-state index in [2.05, 4.69) is 31.0 Å². The quantitative estimate of drug-likeness (QED) is 0.699. The van der Waals surface area contributed by atoms with Crippen molar-refractivity contribution < 1.29 is 4.74 Å². The van der Waals surface area contributed by atoms with Crippen molar-refractivity contribution >= 4 is 0 Å². The Hall–Kier alpha value is -0.520. The third kappa shape index (κ3) is 3.81. The molecule has 16 heavy (non-hydrogen) atoms. The van der Waals surface area contributed by atoms with Gasteiger partial charge in [0.05, 0.1) is 5.60 Å². The molecule has 2 heteroatoms. The zero-order chi connectivity index (χ0) is 11.9. The minimum absolute atomic E-state index is 0.0323. The highest BCUT2D eigenvalue weighted by atomic mass is 16.5. The van der Waals surface area contributed by atoms with E-state index in [4.69, 9.17) is 4.74 Å². The molecule has 2 nitrogen and oxygen atoms in total. The van der Waals surface area contributed by atoms with Crippen molar-refractivity contribution in [3.8, 4) is 11.8 Å². The summed E-state index contributed by atoms with van der Waals surface area (Å²) in [6, 6.07) is 0.454. The van der Waals surface area contributed by atoms with E-state index >= 15 is 0 Å². The molecule has 0 aliphatic carbocycles. The molecule has 1 heterocycles. The molecule has 0 radical (unpaired) electrons. The summed E-state index contributed by atoms with van der Waals surface area (Å²) in [5.74, 6) is 6.11. The molecule has 1 aliphatic rings. The summed E-state index contributed by atoms with van der Waals surface area (Å²) >= 11 is 0. The second-order valence-corrected chi connectivity index (χ2v) is 4.74. The third-order valence-electron chi connectivity index (χ3n) is 3.36. The molecule has 0 bridgehead atoms. The molecule has 1 fully saturated rings. The van der Waals surface area contributed by atoms with Gasteiger partial charge in [0.2, 0.25) is 0 Å². The van der Waals surface area contributed by atoms with Crippen molar-refractivity contribution in [1.82, 2.24) is 5.32 Å². The van der Waals surface area contributed by atoms with Crippen LogP contribution in [0.3, 0.4) is 0 Å². The summed E-state index contributed by atoms with van der Waals surface area (Å²) < 4.78 is 5.92. The van der Waals surface area contributed by atoms with Gasteiger partial charge >= 0.3 is 0 Å². The minimum Gasteiger partial charge on any atom is -0.374 e. The van der Waals surface area contributed by atoms with E-state index in [1.165, 1.54) is 19.3 Å². The third-order valence-corrected chi connectivity index (χ3v) is 3.36. The summed E-state index contributed by atoms with van der Waals surface area (Å²) in [6.45, 7) is 8.34. The first-order valence-electron chi connectivity index (χ1n) is 6.50. The van der Waals surface area contributed by atoms with E-state index in [-0.39, 0.29) is 5.60 Å². The maximum Gasteiger partial charge on any atom is 0.0807 e. The van der Waals surface area contributed by atoms with Gasteiger partial charge in [-0.1, -0.05) is 6.92 Å². The Bertz CT molecular complexity index is 245. The normalized spacial score (nSPS) is 26.2. The standard InChI is InChI=1S/C14H25NO/c1-4-6-7-9-13(15-11-5-2)14(3)10-8-12-16-14/h13,15H,5,7-12H2,1-3H3. The fraction of sp³-hybridized carbons (Fsp3) is 0.857. The van der Waals surface area contributed by atoms with Crippen molar-refractivity contribution in [2.75, 3.05) is 13.2 Å². The topological polar surface area (TPSA) is 21.3 Å². The summed E-state index contributed by atoms with van der Waals surface area (Å²) in [5, 5.41) is 3.62. The molecule has 1 saturated heterocycles. The average Bonchev–Trinajstić information content (AvgIpc) is 2.71. The van der Waals surface area contributed by atoms with Crippen LogP contribution in [0.1, 0.15) is 52.9 Å². The van der Waals surface area contributed by atoms with Crippen molar-refractivity contribution in [3.63, 3.8) is 0 Å². The Morgan fingerprint density at radius 3 is 2.88 bits per heavy atom. The average molecular weight is 223 g/mol. The van der Waals surface area contributed by atoms with Crippen LogP contribution in [0.25, 0.3) is 0 Å². The predicted octanol–water partition coefficient (Wildman–Crippen LogP) is 2.73. The van der Waals surface area contributed by atoms with Crippen molar-refractivity contribution in [3.05, 3.63) is 0 Å². The first kappa shape index (κ1) is 13.5. The smallest absolute Gasteiger partial charge is 0.0807 e. The van der Waals surface area contributed by atoms with Crippen LogP contribution in [-0.2, 0) is 4.74 Å². The van der Waals surface area contributed by atoms with Gasteiger partial charge in [-0.15, -0.1) is 11.8 Å². The highest BCUT2D eigenvalue weighted by Crippen LogP contribution is 2.30. The Morgan fingerprint density at radius 1 is 1.50 bits per heavy atom. The zero-order valence-electron chi connectivity index (χ0n) is 10.9. The maximum absolute atomic E-state index is 5.92. The summed E-state index contributed by atoms with van der Waals surface area (Å²) in [6.07, 6.45) is 5.61. The lowest BCUT2D eigenvalue weighted by atomic mass is 9.89. The molecule has 2 unspecified atom stereocenters. The fourth-order valence-electron chi connectivity index (χ4n) is 2.36. The number of rotatable bonds is 6. The van der Waals surface area contributed by atoms with Gasteiger partial charge in [-0.2, -0.15) is 0 Å². The van der Waals surface area contributed by atoms with E-state index < -0.39 is 0 Å². The van der Waals surface area contributed by atoms with E-state index in [1.54, 1.807) is 0 Å². The van der Waals surface area contributed by atoms with E-state index in [0.29, 0.717) is 6.04 Å². The zero-order valence-corrected chi connectivity index (χ0v) is 10.9. The van der Waals surface area contributed by atoms with Crippen LogP contribution in [0, 0.1) is 11.8 Å². The van der Waals surface area contributed by atoms with Crippen LogP contribution in [0.4, 0.5) is 0 Å². The first-order chi connectivity index (χ1) is 7.73. The SMILES string of the molecule is CC#CCCC(NCCC)C1(C)CCCO1. The lowest BCUT2D eigenvalue weighted by Gasteiger charge is -2.34. The van der Waals surface area contributed by atoms with Gasteiger partial charge in [0.25, 0.3) is 0 Å². The minimum atomic E-state index is 0.0323. The molecule has 0 aromatic rings. The molecule has 92 valence electrons. The molecule has 0 amide bonds. The van der Waals surface area contributed by atoms with Gasteiger partial charge in [-0.3, -0.25) is 0 Å². The Morgan fingerprint density at radius 2 is 2.31 bits per heavy atom. The van der Waals surface area contributed by atoms with Crippen LogP contribution >= 0.6 is 0 Å². The van der Waals surface area contributed by atoms with Gasteiger partial charge < -0.3 is 10.1 Å². The van der Waals surface area contributed by atoms with Crippen LogP contribution in [0.5, 0.6) is 0 Å². The summed E-state index contributed by atoms with van der Waals surface area (Å²) in [5.41, 5.74) is 0.0323. The molecule has 1 N–H and O–H groups in total. The number of hydrogen-bond acceptors (Lipinski definition) is 2. The second-order valence-electron chi connectivity index (χ2n) is 4.74. The Kier molecular flexibility index (Phi) is 5.87. The molecule has 1 rings (SSSR count). The molecular weight excluding hydrogens is 198 g/mol. The van der Waals surface area contributed by atoms with Crippen LogP contribution in [0.2, 0.25) is 0 Å². The monoisotopic (exact) mass is 223 g/mol. The van der Waals surface area contributed by atoms with Gasteiger partial charge in [-0.05, 0) is 46.1 Å². The lowest BCUT2D eigenvalue weighted by molar-refractivity contribution is -0.0133. The second kappa shape index (κ2) is 6.93. The molecule has 2 atom stereocenters. The molecule has 0 aromatic carbocycles. The number of hydrogen-bond donors (Lipinski definition) is 1. The molecule has 0 aromatic heterocycles. The van der Waals surface area contributed by atoms with Crippen molar-refractivity contribution in [1.29, 1.82) is 0 Å². The van der Waals surface area contributed by atoms with Crippen molar-refractivity contribution in [2.45, 2.75) is 64.5 Å². The van der Waals surface area contributed by atoms with Gasteiger partial charge in [0, 0.05) is 19.1 Å². The van der Waals surface area contributed by atoms with E-state index in [0.717, 1.165) is 26.0 Å². The van der Waals surface area contributed by atoms with Crippen molar-refractivity contribution in [2.24, 2.45) is 0 Å². The number of nitrogens with one attached hydrogen (secondary N) is 1. The van der Waals surface area contributed by atoms with Crippen LogP contribution in [0.15, 0.2) is 0 Å². The molecular formula is C14H25NO. The molecule has 1 aliphatic heterocycles. The van der Waals surface area contributed by atoms with E-state index in [1.807, 2.05) is 6.92 Å². The Labute approximate surface area is 100 Å². The van der Waals surface area contributed by atoms with Crippen LogP contribution in [-0.4, -0.2) is 24.8 Å².